The molecular weight excluding hydrogens is 276 g/mol. The van der Waals surface area contributed by atoms with Crippen molar-refractivity contribution in [2.75, 3.05) is 18.5 Å². The first kappa shape index (κ1) is 13.4. The van der Waals surface area contributed by atoms with Gasteiger partial charge in [-0.1, -0.05) is 0 Å². The highest BCUT2D eigenvalue weighted by molar-refractivity contribution is 6.01. The molecule has 0 saturated carbocycles. The molecule has 0 radical (unpaired) electrons. The van der Waals surface area contributed by atoms with Gasteiger partial charge in [-0.3, -0.25) is 9.59 Å². The van der Waals surface area contributed by atoms with Gasteiger partial charge in [0.2, 0.25) is 0 Å². The van der Waals surface area contributed by atoms with E-state index in [4.69, 9.17) is 9.84 Å². The summed E-state index contributed by atoms with van der Waals surface area (Å²) < 4.78 is 5.22. The Morgan fingerprint density at radius 1 is 1.38 bits per heavy atom. The van der Waals surface area contributed by atoms with Crippen LogP contribution in [0.2, 0.25) is 0 Å². The lowest BCUT2D eigenvalue weighted by Gasteiger charge is -2.23. The van der Waals surface area contributed by atoms with Gasteiger partial charge >= 0.3 is 5.97 Å². The van der Waals surface area contributed by atoms with Gasteiger partial charge in [0.1, 0.15) is 11.8 Å². The lowest BCUT2D eigenvalue weighted by Crippen LogP contribution is -2.40. The largest absolute Gasteiger partial charge is 0.482 e. The maximum absolute atomic E-state index is 12.4. The van der Waals surface area contributed by atoms with E-state index in [0.717, 1.165) is 0 Å². The number of likely N-dealkylation sites (tertiary alicyclic amines) is 1. The van der Waals surface area contributed by atoms with Crippen molar-refractivity contribution in [3.63, 3.8) is 0 Å². The van der Waals surface area contributed by atoms with Crippen LogP contribution in [0.3, 0.4) is 0 Å². The Kier molecular flexibility index (Phi) is 3.25. The summed E-state index contributed by atoms with van der Waals surface area (Å²) in [5.41, 5.74) is 0.774. The van der Waals surface area contributed by atoms with Crippen molar-refractivity contribution in [2.24, 2.45) is 0 Å². The number of rotatable bonds is 2. The molecule has 1 aromatic carbocycles. The standard InChI is InChI=1S/C14H14N2O5/c17-12-7-21-11-4-3-8(6-9(11)15-12)13(18)16-5-1-2-10(16)14(19)20/h3-4,6,10H,1-2,5,7H2,(H,15,17)(H,19,20)/t10-/m0/s1. The molecule has 3 rings (SSSR count). The Hall–Kier alpha value is -2.57. The molecule has 1 fully saturated rings. The van der Waals surface area contributed by atoms with Crippen molar-refractivity contribution < 1.29 is 24.2 Å². The number of nitrogens with zero attached hydrogens (tertiary/aromatic N) is 1. The minimum absolute atomic E-state index is 0.0481. The van der Waals surface area contributed by atoms with Crippen molar-refractivity contribution in [3.8, 4) is 5.75 Å². The van der Waals surface area contributed by atoms with E-state index in [0.29, 0.717) is 36.4 Å². The number of hydrogen-bond donors (Lipinski definition) is 2. The molecule has 7 heteroatoms. The Bertz CT molecular complexity index is 628. The van der Waals surface area contributed by atoms with Crippen molar-refractivity contribution in [1.29, 1.82) is 0 Å². The smallest absolute Gasteiger partial charge is 0.326 e. The van der Waals surface area contributed by atoms with Crippen molar-refractivity contribution in [3.05, 3.63) is 23.8 Å². The van der Waals surface area contributed by atoms with Gasteiger partial charge < -0.3 is 20.1 Å². The zero-order valence-electron chi connectivity index (χ0n) is 11.2. The molecule has 2 aliphatic heterocycles. The van der Waals surface area contributed by atoms with Gasteiger partial charge in [-0.2, -0.15) is 0 Å². The van der Waals surface area contributed by atoms with Crippen LogP contribution in [-0.2, 0) is 9.59 Å². The molecule has 0 bridgehead atoms. The van der Waals surface area contributed by atoms with Gasteiger partial charge in [-0.05, 0) is 31.0 Å². The summed E-state index contributed by atoms with van der Waals surface area (Å²) in [4.78, 5) is 36.2. The fourth-order valence-corrected chi connectivity index (χ4v) is 2.65. The van der Waals surface area contributed by atoms with Gasteiger partial charge in [0.05, 0.1) is 5.69 Å². The van der Waals surface area contributed by atoms with Crippen LogP contribution in [0.1, 0.15) is 23.2 Å². The summed E-state index contributed by atoms with van der Waals surface area (Å²) >= 11 is 0. The zero-order chi connectivity index (χ0) is 15.0. The van der Waals surface area contributed by atoms with Crippen LogP contribution in [-0.4, -0.2) is 47.0 Å². The van der Waals surface area contributed by atoms with E-state index in [9.17, 15) is 14.4 Å². The molecular formula is C14H14N2O5. The summed E-state index contributed by atoms with van der Waals surface area (Å²) in [5.74, 6) is -1.11. The fraction of sp³-hybridized carbons (Fsp3) is 0.357. The predicted molar refractivity (Wildman–Crippen MR) is 72.3 cm³/mol. The number of fused-ring (bicyclic) bond motifs is 1. The predicted octanol–water partition coefficient (Wildman–Crippen LogP) is 0.707. The lowest BCUT2D eigenvalue weighted by atomic mass is 10.1. The monoisotopic (exact) mass is 290 g/mol. The van der Waals surface area contributed by atoms with Crippen LogP contribution in [0.15, 0.2) is 18.2 Å². The number of carboxylic acids is 1. The highest BCUT2D eigenvalue weighted by atomic mass is 16.5. The number of anilines is 1. The van der Waals surface area contributed by atoms with Gasteiger partial charge in [0, 0.05) is 12.1 Å². The Morgan fingerprint density at radius 2 is 2.19 bits per heavy atom. The van der Waals surface area contributed by atoms with E-state index in [1.165, 1.54) is 11.0 Å². The second-order valence-electron chi connectivity index (χ2n) is 5.04. The molecule has 1 atom stereocenters. The van der Waals surface area contributed by atoms with Crippen molar-refractivity contribution in [1.82, 2.24) is 4.90 Å². The number of hydrogen-bond acceptors (Lipinski definition) is 4. The van der Waals surface area contributed by atoms with Crippen LogP contribution >= 0.6 is 0 Å². The van der Waals surface area contributed by atoms with Gasteiger partial charge in [-0.25, -0.2) is 4.79 Å². The summed E-state index contributed by atoms with van der Waals surface area (Å²) in [6.07, 6.45) is 1.14. The summed E-state index contributed by atoms with van der Waals surface area (Å²) in [6.45, 7) is 0.378. The molecule has 1 aromatic rings. The SMILES string of the molecule is O=C1COc2ccc(C(=O)N3CCC[C@H]3C(=O)O)cc2N1. The minimum Gasteiger partial charge on any atom is -0.482 e. The van der Waals surface area contributed by atoms with E-state index in [-0.39, 0.29) is 18.4 Å². The Balaban J connectivity index is 1.87. The third-order valence-electron chi connectivity index (χ3n) is 3.66. The van der Waals surface area contributed by atoms with E-state index in [2.05, 4.69) is 5.32 Å². The van der Waals surface area contributed by atoms with Crippen LogP contribution in [0, 0.1) is 0 Å². The fourth-order valence-electron chi connectivity index (χ4n) is 2.65. The zero-order valence-corrected chi connectivity index (χ0v) is 11.2. The van der Waals surface area contributed by atoms with Crippen LogP contribution < -0.4 is 10.1 Å². The summed E-state index contributed by atoms with van der Waals surface area (Å²) in [7, 11) is 0. The summed E-state index contributed by atoms with van der Waals surface area (Å²) in [6, 6.07) is 3.93. The molecule has 2 amide bonds. The highest BCUT2D eigenvalue weighted by Gasteiger charge is 2.34. The average molecular weight is 290 g/mol. The van der Waals surface area contributed by atoms with Crippen LogP contribution in [0.4, 0.5) is 5.69 Å². The lowest BCUT2D eigenvalue weighted by molar-refractivity contribution is -0.141. The van der Waals surface area contributed by atoms with E-state index < -0.39 is 12.0 Å². The number of aliphatic carboxylic acids is 1. The number of carbonyl (C=O) groups excluding carboxylic acids is 2. The third kappa shape index (κ3) is 2.42. The molecule has 1 saturated heterocycles. The molecule has 2 heterocycles. The second-order valence-corrected chi connectivity index (χ2v) is 5.04. The molecule has 0 spiro atoms. The normalized spacial score (nSPS) is 20.5. The number of carboxylic acid groups (broad SMARTS) is 1. The Morgan fingerprint density at radius 3 is 2.95 bits per heavy atom. The first-order valence-electron chi connectivity index (χ1n) is 6.67. The maximum atomic E-state index is 12.4. The molecule has 0 unspecified atom stereocenters. The van der Waals surface area contributed by atoms with Crippen LogP contribution in [0.25, 0.3) is 0 Å². The molecule has 2 aliphatic rings. The summed E-state index contributed by atoms with van der Waals surface area (Å²) in [5, 5.41) is 11.8. The first-order chi connectivity index (χ1) is 10.1. The second kappa shape index (κ2) is 5.08. The highest BCUT2D eigenvalue weighted by Crippen LogP contribution is 2.30. The molecule has 0 aromatic heterocycles. The molecule has 0 aliphatic carbocycles. The number of carbonyl (C=O) groups is 3. The van der Waals surface area contributed by atoms with Gasteiger partial charge in [-0.15, -0.1) is 0 Å². The van der Waals surface area contributed by atoms with Crippen molar-refractivity contribution >= 4 is 23.5 Å². The Labute approximate surface area is 120 Å². The van der Waals surface area contributed by atoms with E-state index in [1.54, 1.807) is 12.1 Å². The third-order valence-corrected chi connectivity index (χ3v) is 3.66. The van der Waals surface area contributed by atoms with E-state index in [1.807, 2.05) is 0 Å². The van der Waals surface area contributed by atoms with E-state index >= 15 is 0 Å². The number of benzene rings is 1. The molecule has 7 nitrogen and oxygen atoms in total. The quantitative estimate of drug-likeness (QED) is 0.836. The average Bonchev–Trinajstić information content (AvgIpc) is 2.95. The molecule has 2 N–H and O–H groups in total. The topological polar surface area (TPSA) is 95.9 Å². The number of nitrogens with one attached hydrogen (secondary N) is 1. The molecule has 21 heavy (non-hydrogen) atoms. The van der Waals surface area contributed by atoms with Gasteiger partial charge in [0.15, 0.2) is 6.61 Å². The first-order valence-corrected chi connectivity index (χ1v) is 6.67. The maximum Gasteiger partial charge on any atom is 0.326 e. The van der Waals surface area contributed by atoms with Crippen LogP contribution in [0.5, 0.6) is 5.75 Å². The van der Waals surface area contributed by atoms with Gasteiger partial charge in [0.25, 0.3) is 11.8 Å². The number of ether oxygens (including phenoxy) is 1. The molecule has 110 valence electrons. The minimum atomic E-state index is -0.990. The van der Waals surface area contributed by atoms with Crippen molar-refractivity contribution in [2.45, 2.75) is 18.9 Å². The number of amides is 2.